The van der Waals surface area contributed by atoms with E-state index in [0.717, 1.165) is 5.56 Å². The molecule has 2 rings (SSSR count). The van der Waals surface area contributed by atoms with E-state index in [1.807, 2.05) is 55.5 Å². The van der Waals surface area contributed by atoms with Gasteiger partial charge in [0.2, 0.25) is 0 Å². The van der Waals surface area contributed by atoms with Gasteiger partial charge in [0.25, 0.3) is 0 Å². The fourth-order valence-corrected chi connectivity index (χ4v) is 2.04. The molecule has 0 heterocycles. The van der Waals surface area contributed by atoms with Crippen LogP contribution in [0.2, 0.25) is 0 Å². The van der Waals surface area contributed by atoms with Crippen LogP contribution in [0.5, 0.6) is 17.2 Å². The Labute approximate surface area is 130 Å². The van der Waals surface area contributed by atoms with E-state index in [1.165, 1.54) is 0 Å². The summed E-state index contributed by atoms with van der Waals surface area (Å²) in [6.45, 7) is 4.64. The predicted molar refractivity (Wildman–Crippen MR) is 84.5 cm³/mol. The van der Waals surface area contributed by atoms with Gasteiger partial charge >= 0.3 is 5.97 Å². The number of carbonyl (C=O) groups excluding carboxylic acids is 1. The molecule has 0 atom stereocenters. The van der Waals surface area contributed by atoms with Crippen LogP contribution < -0.4 is 9.47 Å². The summed E-state index contributed by atoms with van der Waals surface area (Å²) in [5.41, 5.74) is 0.784. The van der Waals surface area contributed by atoms with E-state index in [4.69, 9.17) is 14.2 Å². The number of benzene rings is 2. The molecule has 22 heavy (non-hydrogen) atoms. The van der Waals surface area contributed by atoms with Gasteiger partial charge in [-0.2, -0.15) is 0 Å². The molecule has 0 bridgehead atoms. The summed E-state index contributed by atoms with van der Waals surface area (Å²) in [6, 6.07) is 14.9. The van der Waals surface area contributed by atoms with Crippen LogP contribution in [0.15, 0.2) is 48.5 Å². The van der Waals surface area contributed by atoms with Crippen molar-refractivity contribution in [3.05, 3.63) is 54.1 Å². The van der Waals surface area contributed by atoms with E-state index in [9.17, 15) is 4.79 Å². The fraction of sp³-hybridized carbons (Fsp3) is 0.278. The van der Waals surface area contributed by atoms with Crippen LogP contribution in [-0.4, -0.2) is 19.2 Å². The Hall–Kier alpha value is -2.49. The van der Waals surface area contributed by atoms with E-state index in [2.05, 4.69) is 0 Å². The first-order valence-electron chi connectivity index (χ1n) is 7.37. The van der Waals surface area contributed by atoms with Gasteiger partial charge in [-0.25, -0.2) is 0 Å². The summed E-state index contributed by atoms with van der Waals surface area (Å²) in [5, 5.41) is 0. The molecule has 116 valence electrons. The van der Waals surface area contributed by atoms with Crippen LogP contribution in [0.3, 0.4) is 0 Å². The second kappa shape index (κ2) is 8.08. The lowest BCUT2D eigenvalue weighted by Crippen LogP contribution is -2.08. The highest BCUT2D eigenvalue weighted by Crippen LogP contribution is 2.33. The largest absolute Gasteiger partial charge is 0.490 e. The first-order chi connectivity index (χ1) is 10.7. The molecule has 0 amide bonds. The second-order valence-corrected chi connectivity index (χ2v) is 4.57. The minimum atomic E-state index is -0.267. The minimum Gasteiger partial charge on any atom is -0.490 e. The average molecular weight is 300 g/mol. The first kappa shape index (κ1) is 15.9. The summed E-state index contributed by atoms with van der Waals surface area (Å²) in [4.78, 5) is 11.7. The van der Waals surface area contributed by atoms with Crippen molar-refractivity contribution in [2.24, 2.45) is 0 Å². The summed E-state index contributed by atoms with van der Waals surface area (Å²) < 4.78 is 16.5. The molecule has 0 aliphatic heterocycles. The maximum absolute atomic E-state index is 11.7. The van der Waals surface area contributed by atoms with Crippen molar-refractivity contribution in [3.63, 3.8) is 0 Å². The molecule has 0 N–H and O–H groups in total. The van der Waals surface area contributed by atoms with Gasteiger partial charge < -0.3 is 14.2 Å². The van der Waals surface area contributed by atoms with Crippen LogP contribution in [0.4, 0.5) is 0 Å². The topological polar surface area (TPSA) is 44.8 Å². The molecule has 0 aliphatic rings. The number of rotatable bonds is 7. The molecule has 0 spiro atoms. The molecule has 2 aromatic carbocycles. The van der Waals surface area contributed by atoms with Crippen LogP contribution in [0.1, 0.15) is 19.4 Å². The fourth-order valence-electron chi connectivity index (χ4n) is 2.04. The lowest BCUT2D eigenvalue weighted by atomic mass is 10.1. The normalized spacial score (nSPS) is 10.1. The van der Waals surface area contributed by atoms with E-state index in [-0.39, 0.29) is 12.4 Å². The maximum Gasteiger partial charge on any atom is 0.310 e. The number of ether oxygens (including phenoxy) is 3. The molecular formula is C18H20O4. The number of carbonyl (C=O) groups is 1. The Morgan fingerprint density at radius 2 is 1.50 bits per heavy atom. The van der Waals surface area contributed by atoms with E-state index in [0.29, 0.717) is 30.5 Å². The number of hydrogen-bond acceptors (Lipinski definition) is 4. The minimum absolute atomic E-state index is 0.181. The van der Waals surface area contributed by atoms with Crippen LogP contribution in [0, 0.1) is 0 Å². The monoisotopic (exact) mass is 300 g/mol. The van der Waals surface area contributed by atoms with Crippen molar-refractivity contribution in [2.45, 2.75) is 20.3 Å². The highest BCUT2D eigenvalue weighted by atomic mass is 16.5. The van der Waals surface area contributed by atoms with Crippen molar-refractivity contribution in [1.82, 2.24) is 0 Å². The van der Waals surface area contributed by atoms with E-state index in [1.54, 1.807) is 6.92 Å². The van der Waals surface area contributed by atoms with Gasteiger partial charge in [-0.1, -0.05) is 30.3 Å². The molecule has 0 unspecified atom stereocenters. The summed E-state index contributed by atoms with van der Waals surface area (Å²) in [7, 11) is 0. The zero-order valence-corrected chi connectivity index (χ0v) is 12.9. The van der Waals surface area contributed by atoms with Gasteiger partial charge in [-0.05, 0) is 32.0 Å². The average Bonchev–Trinajstić information content (AvgIpc) is 2.51. The van der Waals surface area contributed by atoms with Gasteiger partial charge in [0.15, 0.2) is 11.5 Å². The van der Waals surface area contributed by atoms with Crippen LogP contribution >= 0.6 is 0 Å². The first-order valence-corrected chi connectivity index (χ1v) is 7.37. The summed E-state index contributed by atoms with van der Waals surface area (Å²) in [5.74, 6) is 1.66. The molecule has 2 aromatic rings. The van der Waals surface area contributed by atoms with Crippen molar-refractivity contribution in [3.8, 4) is 17.2 Å². The Bertz CT molecular complexity index is 622. The van der Waals surface area contributed by atoms with Gasteiger partial charge in [-0.15, -0.1) is 0 Å². The maximum atomic E-state index is 11.7. The zero-order chi connectivity index (χ0) is 15.8. The van der Waals surface area contributed by atoms with Gasteiger partial charge in [-0.3, -0.25) is 4.79 Å². The van der Waals surface area contributed by atoms with E-state index >= 15 is 0 Å². The number of esters is 1. The van der Waals surface area contributed by atoms with Crippen molar-refractivity contribution >= 4 is 5.97 Å². The van der Waals surface area contributed by atoms with Gasteiger partial charge in [0.1, 0.15) is 5.75 Å². The molecule has 0 aliphatic carbocycles. The molecule has 0 saturated carbocycles. The second-order valence-electron chi connectivity index (χ2n) is 4.57. The van der Waals surface area contributed by atoms with Crippen molar-refractivity contribution < 1.29 is 19.0 Å². The zero-order valence-electron chi connectivity index (χ0n) is 12.9. The van der Waals surface area contributed by atoms with Gasteiger partial charge in [0.05, 0.1) is 19.6 Å². The third-order valence-electron chi connectivity index (χ3n) is 2.98. The molecule has 0 fully saturated rings. The molecule has 0 aromatic heterocycles. The summed E-state index contributed by atoms with van der Waals surface area (Å²) >= 11 is 0. The third-order valence-corrected chi connectivity index (χ3v) is 2.98. The van der Waals surface area contributed by atoms with Crippen LogP contribution in [0.25, 0.3) is 0 Å². The Balaban J connectivity index is 2.21. The Kier molecular flexibility index (Phi) is 5.83. The standard InChI is InChI=1S/C18H20O4/c1-3-20-16-11-7-8-12-17(16)22-15-10-6-5-9-14(15)13-18(19)21-4-2/h5-12H,3-4,13H2,1-2H3. The Morgan fingerprint density at radius 3 is 2.18 bits per heavy atom. The van der Waals surface area contributed by atoms with Crippen LogP contribution in [-0.2, 0) is 16.0 Å². The molecule has 4 heteroatoms. The van der Waals surface area contributed by atoms with Gasteiger partial charge in [0, 0.05) is 5.56 Å². The van der Waals surface area contributed by atoms with Crippen molar-refractivity contribution in [1.29, 1.82) is 0 Å². The smallest absolute Gasteiger partial charge is 0.310 e. The molecule has 0 radical (unpaired) electrons. The highest BCUT2D eigenvalue weighted by molar-refractivity contribution is 5.73. The SMILES string of the molecule is CCOC(=O)Cc1ccccc1Oc1ccccc1OCC. The molecule has 4 nitrogen and oxygen atoms in total. The van der Waals surface area contributed by atoms with E-state index < -0.39 is 0 Å². The number of para-hydroxylation sites is 3. The lowest BCUT2D eigenvalue weighted by molar-refractivity contribution is -0.142. The quantitative estimate of drug-likeness (QED) is 0.725. The summed E-state index contributed by atoms with van der Waals surface area (Å²) in [6.07, 6.45) is 0.181. The van der Waals surface area contributed by atoms with Crippen molar-refractivity contribution in [2.75, 3.05) is 13.2 Å². The predicted octanol–water partition coefficient (Wildman–Crippen LogP) is 3.98. The number of hydrogen-bond donors (Lipinski definition) is 0. The highest BCUT2D eigenvalue weighted by Gasteiger charge is 2.12. The third kappa shape index (κ3) is 4.25. The Morgan fingerprint density at radius 1 is 0.864 bits per heavy atom. The lowest BCUT2D eigenvalue weighted by Gasteiger charge is -2.14. The molecular weight excluding hydrogens is 280 g/mol. The molecule has 0 saturated heterocycles.